The van der Waals surface area contributed by atoms with Crippen molar-refractivity contribution in [1.29, 1.82) is 0 Å². The van der Waals surface area contributed by atoms with E-state index in [4.69, 9.17) is 31.1 Å². The predicted octanol–water partition coefficient (Wildman–Crippen LogP) is -2.71. The number of nitrogens with two attached hydrogens (primary N) is 2. The van der Waals surface area contributed by atoms with Gasteiger partial charge in [-0.05, 0) is 0 Å². The molecule has 2 heterocycles. The summed E-state index contributed by atoms with van der Waals surface area (Å²) < 4.78 is 21.8. The van der Waals surface area contributed by atoms with Crippen LogP contribution >= 0.6 is 7.82 Å². The monoisotopic (exact) mass is 338 g/mol. The van der Waals surface area contributed by atoms with Crippen molar-refractivity contribution in [3.8, 4) is 0 Å². The average Bonchev–Trinajstić information content (AvgIpc) is 2.90. The molecule has 0 aliphatic carbocycles. The largest absolute Gasteiger partial charge is 0.470 e. The van der Waals surface area contributed by atoms with Crippen molar-refractivity contribution in [1.82, 2.24) is 9.55 Å². The van der Waals surface area contributed by atoms with E-state index in [0.717, 1.165) is 10.9 Å². The number of phosphoric ester groups is 1. The molecule has 0 radical (unpaired) electrons. The molecular formula is C9H15N4O8P. The number of ether oxygens (including phenoxy) is 1. The quantitative estimate of drug-likeness (QED) is 0.306. The molecule has 1 aliphatic heterocycles. The second-order valence-electron chi connectivity index (χ2n) is 4.55. The molecule has 0 saturated carbocycles. The minimum Gasteiger partial charge on any atom is -0.394 e. The summed E-state index contributed by atoms with van der Waals surface area (Å²) in [4.78, 5) is 32.6. The number of amides is 1. The normalized spacial score (nSPS) is 28.9. The molecule has 124 valence electrons. The van der Waals surface area contributed by atoms with E-state index < -0.39 is 44.9 Å². The standard InChI is InChI=1S/C9H15N4O8P/c10-7-4(8(11)16)12-2-13(7)9-6(21-22(17,18)19)5(15)3(1-14)20-9/h2-3,5-6,9,14-15H,1,10H2,(H2,11,16)(H2,17,18,19)/t3-,5-,6-,9-/m1/s1. The van der Waals surface area contributed by atoms with Gasteiger partial charge in [-0.2, -0.15) is 0 Å². The number of hydrogen-bond acceptors (Lipinski definition) is 8. The molecule has 8 N–H and O–H groups in total. The van der Waals surface area contributed by atoms with Crippen LogP contribution in [0.1, 0.15) is 16.7 Å². The van der Waals surface area contributed by atoms with Crippen LogP contribution in [0.2, 0.25) is 0 Å². The number of imidazole rings is 1. The number of aliphatic hydroxyl groups is 2. The third kappa shape index (κ3) is 3.13. The van der Waals surface area contributed by atoms with Crippen LogP contribution in [-0.2, 0) is 13.8 Å². The fourth-order valence-electron chi connectivity index (χ4n) is 2.13. The number of nitrogen functional groups attached to an aromatic ring is 1. The van der Waals surface area contributed by atoms with E-state index in [0.29, 0.717) is 0 Å². The molecule has 2 rings (SSSR count). The molecule has 0 unspecified atom stereocenters. The van der Waals surface area contributed by atoms with Crippen LogP contribution in [0, 0.1) is 0 Å². The Balaban J connectivity index is 2.38. The summed E-state index contributed by atoms with van der Waals surface area (Å²) >= 11 is 0. The van der Waals surface area contributed by atoms with Gasteiger partial charge >= 0.3 is 7.82 Å². The summed E-state index contributed by atoms with van der Waals surface area (Å²) in [5.74, 6) is -1.15. The molecule has 13 heteroatoms. The van der Waals surface area contributed by atoms with Gasteiger partial charge in [0.2, 0.25) is 0 Å². The van der Waals surface area contributed by atoms with Crippen molar-refractivity contribution in [2.75, 3.05) is 12.3 Å². The number of primary amides is 1. The Bertz CT molecular complexity index is 615. The number of aromatic nitrogens is 2. The predicted molar refractivity (Wildman–Crippen MR) is 69.1 cm³/mol. The van der Waals surface area contributed by atoms with Crippen LogP contribution in [0.5, 0.6) is 0 Å². The minimum absolute atomic E-state index is 0.234. The molecule has 0 bridgehead atoms. The number of anilines is 1. The third-order valence-electron chi connectivity index (χ3n) is 3.09. The molecular weight excluding hydrogens is 323 g/mol. The van der Waals surface area contributed by atoms with E-state index in [1.807, 2.05) is 0 Å². The van der Waals surface area contributed by atoms with Gasteiger partial charge in [0.1, 0.15) is 24.1 Å². The lowest BCUT2D eigenvalue weighted by atomic mass is 10.1. The maximum Gasteiger partial charge on any atom is 0.470 e. The topological polar surface area (TPSA) is 203 Å². The summed E-state index contributed by atoms with van der Waals surface area (Å²) in [5.41, 5.74) is 10.5. The average molecular weight is 338 g/mol. The molecule has 4 atom stereocenters. The van der Waals surface area contributed by atoms with Crippen LogP contribution in [0.3, 0.4) is 0 Å². The van der Waals surface area contributed by atoms with Crippen LogP contribution in [0.25, 0.3) is 0 Å². The van der Waals surface area contributed by atoms with Crippen molar-refractivity contribution in [3.63, 3.8) is 0 Å². The highest BCUT2D eigenvalue weighted by Gasteiger charge is 2.48. The van der Waals surface area contributed by atoms with E-state index in [9.17, 15) is 14.5 Å². The fourth-order valence-corrected chi connectivity index (χ4v) is 2.67. The highest BCUT2D eigenvalue weighted by Crippen LogP contribution is 2.45. The molecule has 1 saturated heterocycles. The Kier molecular flexibility index (Phi) is 4.54. The fraction of sp³-hybridized carbons (Fsp3) is 0.556. The van der Waals surface area contributed by atoms with Crippen molar-refractivity contribution in [3.05, 3.63) is 12.0 Å². The molecule has 0 spiro atoms. The molecule has 22 heavy (non-hydrogen) atoms. The van der Waals surface area contributed by atoms with E-state index in [-0.39, 0.29) is 11.5 Å². The summed E-state index contributed by atoms with van der Waals surface area (Å²) in [6.45, 7) is -0.629. The van der Waals surface area contributed by atoms with E-state index in [2.05, 4.69) is 9.51 Å². The zero-order valence-corrected chi connectivity index (χ0v) is 11.9. The Hall–Kier alpha value is -1.53. The van der Waals surface area contributed by atoms with Crippen LogP contribution in [-0.4, -0.2) is 60.4 Å². The second-order valence-corrected chi connectivity index (χ2v) is 5.74. The summed E-state index contributed by atoms with van der Waals surface area (Å²) in [5, 5.41) is 19.0. The first-order valence-corrected chi connectivity index (χ1v) is 7.49. The van der Waals surface area contributed by atoms with Gasteiger partial charge in [-0.3, -0.25) is 13.9 Å². The molecule has 12 nitrogen and oxygen atoms in total. The molecule has 1 fully saturated rings. The first-order valence-electron chi connectivity index (χ1n) is 5.96. The number of carbonyl (C=O) groups excluding carboxylic acids is 1. The lowest BCUT2D eigenvalue weighted by Gasteiger charge is -2.22. The van der Waals surface area contributed by atoms with Gasteiger partial charge in [-0.1, -0.05) is 0 Å². The van der Waals surface area contributed by atoms with Crippen molar-refractivity contribution in [2.24, 2.45) is 5.73 Å². The maximum absolute atomic E-state index is 11.1. The lowest BCUT2D eigenvalue weighted by Crippen LogP contribution is -2.35. The highest BCUT2D eigenvalue weighted by atomic mass is 31.2. The molecule has 0 aromatic carbocycles. The van der Waals surface area contributed by atoms with Crippen LogP contribution in [0.15, 0.2) is 6.33 Å². The Morgan fingerprint density at radius 2 is 2.18 bits per heavy atom. The van der Waals surface area contributed by atoms with Crippen LogP contribution < -0.4 is 11.5 Å². The number of hydrogen-bond donors (Lipinski definition) is 6. The number of carbonyl (C=O) groups is 1. The van der Waals surface area contributed by atoms with Gasteiger partial charge in [-0.15, -0.1) is 0 Å². The smallest absolute Gasteiger partial charge is 0.394 e. The number of phosphoric acid groups is 1. The van der Waals surface area contributed by atoms with Gasteiger partial charge in [0.25, 0.3) is 5.91 Å². The van der Waals surface area contributed by atoms with E-state index >= 15 is 0 Å². The Labute approximate surface area is 123 Å². The first-order chi connectivity index (χ1) is 10.2. The van der Waals surface area contributed by atoms with Gasteiger partial charge in [-0.25, -0.2) is 9.55 Å². The van der Waals surface area contributed by atoms with Crippen molar-refractivity contribution < 1.29 is 38.6 Å². The maximum atomic E-state index is 11.1. The Morgan fingerprint density at radius 3 is 2.64 bits per heavy atom. The van der Waals surface area contributed by atoms with E-state index in [1.165, 1.54) is 0 Å². The van der Waals surface area contributed by atoms with Crippen LogP contribution in [0.4, 0.5) is 5.82 Å². The van der Waals surface area contributed by atoms with Crippen molar-refractivity contribution >= 4 is 19.5 Å². The summed E-state index contributed by atoms with van der Waals surface area (Å²) in [7, 11) is -4.96. The van der Waals surface area contributed by atoms with E-state index in [1.54, 1.807) is 0 Å². The van der Waals surface area contributed by atoms with Gasteiger partial charge in [0.05, 0.1) is 12.9 Å². The SMILES string of the molecule is NC(=O)c1ncn([C@@H]2O[C@H](CO)[C@@H](O)[C@H]2OP(=O)(O)O)c1N. The third-order valence-corrected chi connectivity index (χ3v) is 3.61. The number of nitrogens with zero attached hydrogens (tertiary/aromatic N) is 2. The summed E-state index contributed by atoms with van der Waals surface area (Å²) in [6, 6.07) is 0. The molecule has 1 amide bonds. The lowest BCUT2D eigenvalue weighted by molar-refractivity contribution is -0.0512. The Morgan fingerprint density at radius 1 is 1.55 bits per heavy atom. The summed E-state index contributed by atoms with van der Waals surface area (Å²) in [6.07, 6.45) is -4.53. The van der Waals surface area contributed by atoms with Gasteiger partial charge in [0, 0.05) is 0 Å². The first kappa shape index (κ1) is 16.8. The number of aliphatic hydroxyl groups excluding tert-OH is 2. The highest BCUT2D eigenvalue weighted by molar-refractivity contribution is 7.46. The van der Waals surface area contributed by atoms with Crippen molar-refractivity contribution in [2.45, 2.75) is 24.5 Å². The van der Waals surface area contributed by atoms with Gasteiger partial charge < -0.3 is 36.2 Å². The zero-order valence-electron chi connectivity index (χ0n) is 11.0. The zero-order chi connectivity index (χ0) is 16.7. The van der Waals surface area contributed by atoms with Gasteiger partial charge in [0.15, 0.2) is 11.9 Å². The second kappa shape index (κ2) is 5.93. The minimum atomic E-state index is -4.96. The molecule has 1 aromatic rings. The molecule has 1 aromatic heterocycles. The molecule has 1 aliphatic rings. The number of rotatable bonds is 5.